The second-order valence-electron chi connectivity index (χ2n) is 6.92. The highest BCUT2D eigenvalue weighted by molar-refractivity contribution is 5.90. The summed E-state index contributed by atoms with van der Waals surface area (Å²) in [6.07, 6.45) is 3.94. The molecule has 1 heterocycles. The fourth-order valence-corrected chi connectivity index (χ4v) is 3.22. The van der Waals surface area contributed by atoms with Gasteiger partial charge in [-0.25, -0.2) is 4.39 Å². The third-order valence-electron chi connectivity index (χ3n) is 4.89. The van der Waals surface area contributed by atoms with E-state index in [0.29, 0.717) is 6.54 Å². The van der Waals surface area contributed by atoms with Crippen molar-refractivity contribution < 1.29 is 4.39 Å². The Morgan fingerprint density at radius 1 is 0.926 bits per heavy atom. The largest absolute Gasteiger partial charge is 0.343 e. The number of aliphatic imine (C=N–C) groups is 1. The van der Waals surface area contributed by atoms with Crippen LogP contribution in [-0.2, 0) is 6.54 Å². The van der Waals surface area contributed by atoms with Gasteiger partial charge in [-0.15, -0.1) is 0 Å². The molecule has 0 saturated heterocycles. The zero-order valence-electron chi connectivity index (χ0n) is 15.5. The number of nitrogens with zero attached hydrogens (tertiary/aromatic N) is 2. The number of fused-ring (bicyclic) bond motifs is 1. The molecule has 3 aromatic carbocycles. The number of hydrogen-bond donors (Lipinski definition) is 0. The van der Waals surface area contributed by atoms with Crippen molar-refractivity contribution in [2.45, 2.75) is 20.4 Å². The Kier molecular flexibility index (Phi) is 4.59. The lowest BCUT2D eigenvalue weighted by Gasteiger charge is -2.06. The van der Waals surface area contributed by atoms with E-state index < -0.39 is 0 Å². The lowest BCUT2D eigenvalue weighted by atomic mass is 10.1. The van der Waals surface area contributed by atoms with Crippen molar-refractivity contribution in [2.24, 2.45) is 4.99 Å². The summed E-state index contributed by atoms with van der Waals surface area (Å²) in [5.41, 5.74) is 6.62. The second-order valence-corrected chi connectivity index (χ2v) is 6.92. The minimum atomic E-state index is -0.200. The molecule has 3 heteroatoms. The zero-order chi connectivity index (χ0) is 18.8. The SMILES string of the molecule is Cc1ccc(N=Cc2ccc3c(ccn3Cc3cccc(F)c3)c2)cc1C. The minimum Gasteiger partial charge on any atom is -0.343 e. The lowest BCUT2D eigenvalue weighted by molar-refractivity contribution is 0.624. The van der Waals surface area contributed by atoms with Crippen molar-refractivity contribution >= 4 is 22.8 Å². The molecule has 27 heavy (non-hydrogen) atoms. The fourth-order valence-electron chi connectivity index (χ4n) is 3.22. The van der Waals surface area contributed by atoms with E-state index >= 15 is 0 Å². The van der Waals surface area contributed by atoms with E-state index in [1.54, 1.807) is 12.1 Å². The molecule has 4 rings (SSSR count). The maximum atomic E-state index is 13.4. The van der Waals surface area contributed by atoms with E-state index in [1.807, 2.05) is 24.5 Å². The average Bonchev–Trinajstić information content (AvgIpc) is 3.05. The number of aryl methyl sites for hydroxylation is 2. The van der Waals surface area contributed by atoms with Crippen molar-refractivity contribution in [1.29, 1.82) is 0 Å². The Bertz CT molecular complexity index is 1140. The topological polar surface area (TPSA) is 17.3 Å². The van der Waals surface area contributed by atoms with Gasteiger partial charge < -0.3 is 4.57 Å². The van der Waals surface area contributed by atoms with Gasteiger partial charge in [-0.2, -0.15) is 0 Å². The maximum absolute atomic E-state index is 13.4. The average molecular weight is 356 g/mol. The normalized spacial score (nSPS) is 11.5. The van der Waals surface area contributed by atoms with E-state index in [2.05, 4.69) is 59.8 Å². The third kappa shape index (κ3) is 3.82. The van der Waals surface area contributed by atoms with Crippen molar-refractivity contribution in [2.75, 3.05) is 0 Å². The zero-order valence-corrected chi connectivity index (χ0v) is 15.5. The number of rotatable bonds is 4. The number of benzene rings is 3. The third-order valence-corrected chi connectivity index (χ3v) is 4.89. The van der Waals surface area contributed by atoms with Gasteiger partial charge in [0.2, 0.25) is 0 Å². The van der Waals surface area contributed by atoms with Crippen LogP contribution in [0.25, 0.3) is 10.9 Å². The smallest absolute Gasteiger partial charge is 0.123 e. The van der Waals surface area contributed by atoms with Crippen LogP contribution in [0.5, 0.6) is 0 Å². The molecule has 0 aliphatic heterocycles. The van der Waals surface area contributed by atoms with Crippen molar-refractivity contribution in [3.8, 4) is 0 Å². The van der Waals surface area contributed by atoms with Crippen LogP contribution in [0.1, 0.15) is 22.3 Å². The molecule has 0 radical (unpaired) electrons. The molecule has 0 aliphatic carbocycles. The maximum Gasteiger partial charge on any atom is 0.123 e. The molecule has 0 N–H and O–H groups in total. The molecule has 0 aliphatic rings. The predicted octanol–water partition coefficient (Wildman–Crippen LogP) is 6.20. The van der Waals surface area contributed by atoms with Gasteiger partial charge in [0, 0.05) is 29.9 Å². The summed E-state index contributed by atoms with van der Waals surface area (Å²) in [5, 5.41) is 1.15. The van der Waals surface area contributed by atoms with Gasteiger partial charge >= 0.3 is 0 Å². The summed E-state index contributed by atoms with van der Waals surface area (Å²) in [6.45, 7) is 4.85. The predicted molar refractivity (Wildman–Crippen MR) is 111 cm³/mol. The monoisotopic (exact) mass is 356 g/mol. The summed E-state index contributed by atoms with van der Waals surface area (Å²) in [5.74, 6) is -0.200. The Hall–Kier alpha value is -3.20. The van der Waals surface area contributed by atoms with Gasteiger partial charge in [0.1, 0.15) is 5.82 Å². The molecular weight excluding hydrogens is 335 g/mol. The van der Waals surface area contributed by atoms with Crippen molar-refractivity contribution in [3.63, 3.8) is 0 Å². The Labute approximate surface area is 158 Å². The Morgan fingerprint density at radius 2 is 1.81 bits per heavy atom. The van der Waals surface area contributed by atoms with Gasteiger partial charge in [0.15, 0.2) is 0 Å². The number of hydrogen-bond acceptors (Lipinski definition) is 1. The first-order chi connectivity index (χ1) is 13.1. The van der Waals surface area contributed by atoms with Crippen LogP contribution in [0.15, 0.2) is 77.9 Å². The fraction of sp³-hybridized carbons (Fsp3) is 0.125. The molecule has 2 nitrogen and oxygen atoms in total. The number of halogens is 1. The highest BCUT2D eigenvalue weighted by Gasteiger charge is 2.04. The molecular formula is C24H21FN2. The first-order valence-corrected chi connectivity index (χ1v) is 9.03. The highest BCUT2D eigenvalue weighted by atomic mass is 19.1. The number of aromatic nitrogens is 1. The van der Waals surface area contributed by atoms with E-state index in [1.165, 1.54) is 17.2 Å². The van der Waals surface area contributed by atoms with Crippen LogP contribution in [0.2, 0.25) is 0 Å². The lowest BCUT2D eigenvalue weighted by Crippen LogP contribution is -1.98. The van der Waals surface area contributed by atoms with Crippen LogP contribution < -0.4 is 0 Å². The molecule has 0 bridgehead atoms. The first kappa shape index (κ1) is 17.2. The van der Waals surface area contributed by atoms with Crippen LogP contribution >= 0.6 is 0 Å². The van der Waals surface area contributed by atoms with E-state index in [0.717, 1.165) is 27.7 Å². The first-order valence-electron chi connectivity index (χ1n) is 9.03. The quantitative estimate of drug-likeness (QED) is 0.388. The molecule has 0 spiro atoms. The van der Waals surface area contributed by atoms with Crippen molar-refractivity contribution in [1.82, 2.24) is 4.57 Å². The van der Waals surface area contributed by atoms with Gasteiger partial charge in [0.25, 0.3) is 0 Å². The van der Waals surface area contributed by atoms with Crippen molar-refractivity contribution in [3.05, 3.63) is 101 Å². The van der Waals surface area contributed by atoms with Gasteiger partial charge in [-0.3, -0.25) is 4.99 Å². The standard InChI is InChI=1S/C24H21FN2/c1-17-6-8-23(12-18(17)2)26-15-19-7-9-24-21(13-19)10-11-27(24)16-20-4-3-5-22(25)14-20/h3-15H,16H2,1-2H3. The Balaban J connectivity index is 1.58. The van der Waals surface area contributed by atoms with Crippen LogP contribution in [0, 0.1) is 19.7 Å². The molecule has 1 aromatic heterocycles. The molecule has 0 atom stereocenters. The molecule has 0 unspecified atom stereocenters. The summed E-state index contributed by atoms with van der Waals surface area (Å²) >= 11 is 0. The summed E-state index contributed by atoms with van der Waals surface area (Å²) in [7, 11) is 0. The Morgan fingerprint density at radius 3 is 2.63 bits per heavy atom. The highest BCUT2D eigenvalue weighted by Crippen LogP contribution is 2.20. The molecule has 134 valence electrons. The van der Waals surface area contributed by atoms with E-state index in [9.17, 15) is 4.39 Å². The van der Waals surface area contributed by atoms with Gasteiger partial charge in [0.05, 0.1) is 5.69 Å². The summed E-state index contributed by atoms with van der Waals surface area (Å²) < 4.78 is 15.5. The molecule has 0 fully saturated rings. The minimum absolute atomic E-state index is 0.200. The summed E-state index contributed by atoms with van der Waals surface area (Å²) in [4.78, 5) is 4.60. The molecule has 4 aromatic rings. The summed E-state index contributed by atoms with van der Waals surface area (Å²) in [6, 6.07) is 21.3. The molecule has 0 amide bonds. The molecule has 0 saturated carbocycles. The van der Waals surface area contributed by atoms with Gasteiger partial charge in [-0.05, 0) is 78.6 Å². The van der Waals surface area contributed by atoms with Crippen LogP contribution in [0.3, 0.4) is 0 Å². The van der Waals surface area contributed by atoms with Crippen LogP contribution in [-0.4, -0.2) is 10.8 Å². The van der Waals surface area contributed by atoms with E-state index in [4.69, 9.17) is 0 Å². The second kappa shape index (κ2) is 7.20. The van der Waals surface area contributed by atoms with Crippen LogP contribution in [0.4, 0.5) is 10.1 Å². The van der Waals surface area contributed by atoms with E-state index in [-0.39, 0.29) is 5.82 Å². The van der Waals surface area contributed by atoms with Gasteiger partial charge in [-0.1, -0.05) is 24.3 Å².